The quantitative estimate of drug-likeness (QED) is 0.206. The van der Waals surface area contributed by atoms with Gasteiger partial charge in [0.15, 0.2) is 0 Å². The predicted octanol–water partition coefficient (Wildman–Crippen LogP) is 4.85. The summed E-state index contributed by atoms with van der Waals surface area (Å²) in [6, 6.07) is 11.6. The molecule has 2 aliphatic heterocycles. The zero-order chi connectivity index (χ0) is 38.9. The van der Waals surface area contributed by atoms with Gasteiger partial charge in [-0.3, -0.25) is 14.4 Å². The number of fused-ring (bicyclic) bond motifs is 3. The molecule has 8 rings (SSSR count). The molecule has 4 aliphatic rings. The first-order valence-electron chi connectivity index (χ1n) is 18.9. The lowest BCUT2D eigenvalue weighted by Crippen LogP contribution is -2.58. The van der Waals surface area contributed by atoms with Gasteiger partial charge >= 0.3 is 6.09 Å². The monoisotopic (exact) mass is 802 g/mol. The van der Waals surface area contributed by atoms with Crippen molar-refractivity contribution >= 4 is 56.2 Å². The molecule has 0 bridgehead atoms. The van der Waals surface area contributed by atoms with Crippen LogP contribution in [0.3, 0.4) is 0 Å². The Morgan fingerprint density at radius 2 is 1.79 bits per heavy atom. The predicted molar refractivity (Wildman–Crippen MR) is 204 cm³/mol. The lowest BCUT2D eigenvalue weighted by Gasteiger charge is -2.30. The van der Waals surface area contributed by atoms with Crippen molar-refractivity contribution in [2.45, 2.75) is 99.1 Å². The number of nitrogens with one attached hydrogen (secondary N) is 3. The van der Waals surface area contributed by atoms with E-state index in [1.165, 1.54) is 34.6 Å². The molecule has 17 heteroatoms. The van der Waals surface area contributed by atoms with Crippen LogP contribution in [0.25, 0.3) is 21.6 Å². The second kappa shape index (κ2) is 15.7. The normalized spacial score (nSPS) is 26.4. The summed E-state index contributed by atoms with van der Waals surface area (Å²) in [7, 11) is -4.38. The van der Waals surface area contributed by atoms with E-state index in [2.05, 4.69) is 15.4 Å². The number of aromatic nitrogens is 2. The molecule has 4 aromatic rings. The molecule has 3 N–H and O–H groups in total. The van der Waals surface area contributed by atoms with Gasteiger partial charge in [0, 0.05) is 12.3 Å². The minimum atomic E-state index is -4.38. The first kappa shape index (κ1) is 37.6. The maximum Gasteiger partial charge on any atom is 0.408 e. The summed E-state index contributed by atoms with van der Waals surface area (Å²) in [4.78, 5) is 67.8. The fourth-order valence-corrected chi connectivity index (χ4v) is 9.13. The number of carbonyl (C=O) groups excluding carboxylic acids is 4. The molecule has 56 heavy (non-hydrogen) atoms. The number of rotatable bonds is 8. The molecular formula is C39H42N6O9S2. The van der Waals surface area contributed by atoms with E-state index in [-0.39, 0.29) is 31.4 Å². The van der Waals surface area contributed by atoms with Crippen LogP contribution in [0.1, 0.15) is 64.2 Å². The average molecular weight is 803 g/mol. The summed E-state index contributed by atoms with van der Waals surface area (Å²) in [5.74, 6) is -2.35. The number of nitrogens with zero attached hydrogens (tertiary/aromatic N) is 3. The van der Waals surface area contributed by atoms with Crippen LogP contribution in [0.15, 0.2) is 81.8 Å². The summed E-state index contributed by atoms with van der Waals surface area (Å²) in [5, 5.41) is 7.10. The van der Waals surface area contributed by atoms with E-state index < -0.39 is 68.6 Å². The van der Waals surface area contributed by atoms with Gasteiger partial charge in [0.2, 0.25) is 22.8 Å². The summed E-state index contributed by atoms with van der Waals surface area (Å²) in [6.45, 7) is -0.0411. The highest BCUT2D eigenvalue weighted by molar-refractivity contribution is 7.89. The molecule has 4 amide bonds. The Morgan fingerprint density at radius 3 is 2.52 bits per heavy atom. The van der Waals surface area contributed by atoms with Crippen LogP contribution in [0.2, 0.25) is 0 Å². The number of carbonyl (C=O) groups is 4. The molecule has 0 spiro atoms. The maximum absolute atomic E-state index is 14.6. The standard InChI is InChI=1S/C39H42N6O9S2/c46-34-30-21-26(53-35-33(31-17-10-20-55-31)40-27-14-6-7-15-28(27)41-35)23-45(30)36(47)29(42-38(49)54-25-12-8-13-25)16-5-3-1-2-4-11-24-22-39(24,43-34)37(48)44-56(50,51)32-18-9-19-52-32/h4,6-7,9-11,14-15,17-20,24-26,29-30H,1-3,5,8,12-13,16,21-23H2,(H,42,49)(H,43,46)(H,44,48)/b11-4-/t24?,26-,29+,30+,39-/m1/s1. The third-order valence-corrected chi connectivity index (χ3v) is 12.9. The number of thiophene rings is 1. The van der Waals surface area contributed by atoms with Gasteiger partial charge in [0.1, 0.15) is 35.5 Å². The summed E-state index contributed by atoms with van der Waals surface area (Å²) in [6.07, 6.45) is 9.06. The van der Waals surface area contributed by atoms with Gasteiger partial charge in [-0.25, -0.2) is 19.5 Å². The number of amides is 4. The molecule has 15 nitrogen and oxygen atoms in total. The summed E-state index contributed by atoms with van der Waals surface area (Å²) >= 11 is 1.47. The topological polar surface area (TPSA) is 199 Å². The van der Waals surface area contributed by atoms with E-state index in [9.17, 15) is 27.6 Å². The number of allylic oxidation sites excluding steroid dienone is 1. The van der Waals surface area contributed by atoms with Gasteiger partial charge in [-0.05, 0) is 80.7 Å². The van der Waals surface area contributed by atoms with Crippen LogP contribution in [-0.2, 0) is 29.1 Å². The van der Waals surface area contributed by atoms with Crippen molar-refractivity contribution in [3.8, 4) is 16.5 Å². The summed E-state index contributed by atoms with van der Waals surface area (Å²) < 4.78 is 45.4. The minimum absolute atomic E-state index is 0.0120. The molecule has 294 valence electrons. The van der Waals surface area contributed by atoms with Gasteiger partial charge in [0.25, 0.3) is 15.9 Å². The van der Waals surface area contributed by atoms with E-state index >= 15 is 0 Å². The number of hydrogen-bond acceptors (Lipinski definition) is 12. The van der Waals surface area contributed by atoms with E-state index in [1.54, 1.807) is 0 Å². The number of benzene rings is 1. The molecule has 2 saturated carbocycles. The smallest absolute Gasteiger partial charge is 0.408 e. The number of para-hydroxylation sites is 2. The third kappa shape index (κ3) is 7.87. The molecule has 3 aromatic heterocycles. The zero-order valence-corrected chi connectivity index (χ0v) is 32.1. The molecule has 1 unspecified atom stereocenters. The fourth-order valence-electron chi connectivity index (χ4n) is 7.46. The second-order valence-electron chi connectivity index (χ2n) is 14.7. The third-order valence-electron chi connectivity index (χ3n) is 10.8. The molecule has 5 heterocycles. The molecule has 2 aliphatic carbocycles. The Kier molecular flexibility index (Phi) is 10.5. The number of hydrogen-bond donors (Lipinski definition) is 3. The first-order chi connectivity index (χ1) is 27.1. The first-order valence-corrected chi connectivity index (χ1v) is 21.3. The van der Waals surface area contributed by atoms with Crippen LogP contribution in [0, 0.1) is 5.92 Å². The van der Waals surface area contributed by atoms with Crippen LogP contribution in [-0.4, -0.2) is 83.5 Å². The van der Waals surface area contributed by atoms with Crippen molar-refractivity contribution in [3.05, 3.63) is 72.3 Å². The molecule has 1 saturated heterocycles. The van der Waals surface area contributed by atoms with E-state index in [0.717, 1.165) is 37.0 Å². The van der Waals surface area contributed by atoms with Gasteiger partial charge in [-0.15, -0.1) is 11.3 Å². The second-order valence-corrected chi connectivity index (χ2v) is 17.2. The molecule has 1 aromatic carbocycles. The number of ether oxygens (including phenoxy) is 2. The Morgan fingerprint density at radius 1 is 0.964 bits per heavy atom. The van der Waals surface area contributed by atoms with Crippen LogP contribution in [0.4, 0.5) is 4.79 Å². The Bertz CT molecular complexity index is 2240. The van der Waals surface area contributed by atoms with Crippen LogP contribution >= 0.6 is 11.3 Å². The van der Waals surface area contributed by atoms with Gasteiger partial charge < -0.3 is 29.4 Å². The van der Waals surface area contributed by atoms with Crippen molar-refractivity contribution in [1.29, 1.82) is 0 Å². The van der Waals surface area contributed by atoms with Crippen molar-refractivity contribution in [2.24, 2.45) is 5.92 Å². The van der Waals surface area contributed by atoms with Crippen molar-refractivity contribution in [2.75, 3.05) is 6.54 Å². The van der Waals surface area contributed by atoms with Crippen molar-refractivity contribution in [1.82, 2.24) is 30.2 Å². The largest absolute Gasteiger partial charge is 0.471 e. The average Bonchev–Trinajstić information content (AvgIpc) is 3.70. The Hall–Kier alpha value is -5.29. The maximum atomic E-state index is 14.6. The zero-order valence-electron chi connectivity index (χ0n) is 30.4. The molecular weight excluding hydrogens is 761 g/mol. The van der Waals surface area contributed by atoms with Gasteiger partial charge in [-0.1, -0.05) is 43.2 Å². The highest BCUT2D eigenvalue weighted by Gasteiger charge is 2.62. The lowest BCUT2D eigenvalue weighted by molar-refractivity contribution is -0.141. The molecule has 3 fully saturated rings. The van der Waals surface area contributed by atoms with E-state index in [1.807, 2.05) is 53.9 Å². The van der Waals surface area contributed by atoms with Crippen LogP contribution in [0.5, 0.6) is 5.88 Å². The van der Waals surface area contributed by atoms with Gasteiger partial charge in [0.05, 0.1) is 28.7 Å². The van der Waals surface area contributed by atoms with Crippen molar-refractivity contribution < 1.29 is 41.5 Å². The van der Waals surface area contributed by atoms with E-state index in [0.29, 0.717) is 36.0 Å². The Labute approximate surface area is 327 Å². The molecule has 0 radical (unpaired) electrons. The highest BCUT2D eigenvalue weighted by Crippen LogP contribution is 2.46. The minimum Gasteiger partial charge on any atom is -0.471 e. The van der Waals surface area contributed by atoms with E-state index in [4.69, 9.17) is 23.9 Å². The number of furan rings is 1. The van der Waals surface area contributed by atoms with Gasteiger partial charge in [-0.2, -0.15) is 8.42 Å². The van der Waals surface area contributed by atoms with Crippen LogP contribution < -0.4 is 20.1 Å². The molecule has 5 atom stereocenters. The summed E-state index contributed by atoms with van der Waals surface area (Å²) in [5.41, 5.74) is 0.175. The Balaban J connectivity index is 1.11. The van der Waals surface area contributed by atoms with Crippen molar-refractivity contribution in [3.63, 3.8) is 0 Å². The SMILES string of the molecule is O=C(N[C@H]1CCCCC/C=C\C2C[C@@]2(C(=O)NS(=O)(=O)c2ccco2)NC(=O)[C@@H]2C[C@@H](Oc3nc4ccccc4nc3-c3cccs3)CN2C1=O)OC1CCC1. The fraction of sp³-hybridized carbons (Fsp3) is 0.436. The lowest BCUT2D eigenvalue weighted by atomic mass is 9.96. The highest BCUT2D eigenvalue weighted by atomic mass is 32.2. The number of sulfonamides is 1. The number of alkyl carbamates (subject to hydrolysis) is 1.